The van der Waals surface area contributed by atoms with E-state index in [1.54, 1.807) is 0 Å². The van der Waals surface area contributed by atoms with E-state index in [1.165, 1.54) is 36.4 Å². The Bertz CT molecular complexity index is 865. The van der Waals surface area contributed by atoms with E-state index in [9.17, 15) is 32.9 Å². The van der Waals surface area contributed by atoms with E-state index >= 15 is 0 Å². The number of alkyl halides is 3. The summed E-state index contributed by atoms with van der Waals surface area (Å²) in [5, 5.41) is 13.1. The standard InChI is InChI=1S/C18H16F3N3O4/c19-18(20,21)13-5-1-12(2-6-13)10-16(25)23-15(17(22)26)9-11-3-7-14(8-4-11)24(27)28/h1-8,15H,9-10H2,(H2,22,26)(H,23,25)/t15-/m0/s1. The van der Waals surface area contributed by atoms with Gasteiger partial charge in [-0.15, -0.1) is 0 Å². The van der Waals surface area contributed by atoms with Crippen LogP contribution < -0.4 is 11.1 Å². The van der Waals surface area contributed by atoms with Crippen LogP contribution in [0.2, 0.25) is 0 Å². The number of carbonyl (C=O) groups excluding carboxylic acids is 2. The number of nitro benzene ring substituents is 1. The van der Waals surface area contributed by atoms with Crippen molar-refractivity contribution in [1.29, 1.82) is 0 Å². The number of hydrogen-bond donors (Lipinski definition) is 2. The fourth-order valence-corrected chi connectivity index (χ4v) is 2.45. The molecule has 0 unspecified atom stereocenters. The molecule has 1 atom stereocenters. The lowest BCUT2D eigenvalue weighted by atomic mass is 10.0. The monoisotopic (exact) mass is 395 g/mol. The minimum atomic E-state index is -4.47. The van der Waals surface area contributed by atoms with Crippen LogP contribution in [-0.2, 0) is 28.6 Å². The quantitative estimate of drug-likeness (QED) is 0.553. The number of benzene rings is 2. The molecule has 2 aromatic carbocycles. The molecule has 3 N–H and O–H groups in total. The zero-order valence-electron chi connectivity index (χ0n) is 14.4. The molecule has 0 aliphatic carbocycles. The third-order valence-corrected chi connectivity index (χ3v) is 3.91. The molecular formula is C18H16F3N3O4. The van der Waals surface area contributed by atoms with Gasteiger partial charge in [0.25, 0.3) is 5.69 Å². The Morgan fingerprint density at radius 1 is 1.04 bits per heavy atom. The normalized spacial score (nSPS) is 12.2. The molecule has 0 bridgehead atoms. The highest BCUT2D eigenvalue weighted by atomic mass is 19.4. The molecule has 0 aliphatic heterocycles. The first-order valence-electron chi connectivity index (χ1n) is 8.04. The zero-order chi connectivity index (χ0) is 20.9. The van der Waals surface area contributed by atoms with Gasteiger partial charge >= 0.3 is 6.18 Å². The van der Waals surface area contributed by atoms with Crippen molar-refractivity contribution in [3.05, 3.63) is 75.3 Å². The molecule has 0 spiro atoms. The number of carbonyl (C=O) groups is 2. The molecule has 0 heterocycles. The molecule has 0 saturated carbocycles. The Balaban J connectivity index is 2.00. The van der Waals surface area contributed by atoms with Gasteiger partial charge in [0, 0.05) is 18.6 Å². The molecule has 0 fully saturated rings. The van der Waals surface area contributed by atoms with Crippen LogP contribution in [0.25, 0.3) is 0 Å². The van der Waals surface area contributed by atoms with Crippen LogP contribution in [0.1, 0.15) is 16.7 Å². The summed E-state index contributed by atoms with van der Waals surface area (Å²) in [6, 6.07) is 8.43. The average Bonchev–Trinajstić information content (AvgIpc) is 2.61. The topological polar surface area (TPSA) is 115 Å². The number of primary amides is 1. The second-order valence-corrected chi connectivity index (χ2v) is 6.02. The summed E-state index contributed by atoms with van der Waals surface area (Å²) in [5.41, 5.74) is 5.22. The first kappa shape index (κ1) is 20.9. The van der Waals surface area contributed by atoms with Crippen molar-refractivity contribution in [2.75, 3.05) is 0 Å². The predicted molar refractivity (Wildman–Crippen MR) is 93.1 cm³/mol. The largest absolute Gasteiger partial charge is 0.416 e. The van der Waals surface area contributed by atoms with Gasteiger partial charge in [-0.05, 0) is 23.3 Å². The molecule has 2 rings (SSSR count). The smallest absolute Gasteiger partial charge is 0.368 e. The summed E-state index contributed by atoms with van der Waals surface area (Å²) in [6.07, 6.45) is -4.68. The number of nitrogens with two attached hydrogens (primary N) is 1. The summed E-state index contributed by atoms with van der Waals surface area (Å²) >= 11 is 0. The molecule has 7 nitrogen and oxygen atoms in total. The van der Waals surface area contributed by atoms with Crippen LogP contribution >= 0.6 is 0 Å². The van der Waals surface area contributed by atoms with Crippen LogP contribution in [0, 0.1) is 10.1 Å². The fourth-order valence-electron chi connectivity index (χ4n) is 2.45. The Hall–Kier alpha value is -3.43. The molecule has 0 saturated heterocycles. The lowest BCUT2D eigenvalue weighted by molar-refractivity contribution is -0.384. The van der Waals surface area contributed by atoms with Gasteiger partial charge in [-0.3, -0.25) is 19.7 Å². The summed E-state index contributed by atoms with van der Waals surface area (Å²) in [7, 11) is 0. The van der Waals surface area contributed by atoms with Gasteiger partial charge < -0.3 is 11.1 Å². The van der Waals surface area contributed by atoms with Gasteiger partial charge in [0.1, 0.15) is 6.04 Å². The van der Waals surface area contributed by atoms with Crippen molar-refractivity contribution in [2.45, 2.75) is 25.1 Å². The molecule has 0 aliphatic rings. The van der Waals surface area contributed by atoms with Crippen molar-refractivity contribution in [2.24, 2.45) is 5.73 Å². The van der Waals surface area contributed by atoms with Gasteiger partial charge in [0.2, 0.25) is 11.8 Å². The Morgan fingerprint density at radius 2 is 1.57 bits per heavy atom. The summed E-state index contributed by atoms with van der Waals surface area (Å²) < 4.78 is 37.7. The Morgan fingerprint density at radius 3 is 2.04 bits per heavy atom. The van der Waals surface area contributed by atoms with E-state index in [4.69, 9.17) is 5.73 Å². The maximum Gasteiger partial charge on any atom is 0.416 e. The molecule has 2 aromatic rings. The van der Waals surface area contributed by atoms with Gasteiger partial charge in [-0.2, -0.15) is 13.2 Å². The SMILES string of the molecule is NC(=O)[C@H](Cc1ccc([N+](=O)[O-])cc1)NC(=O)Cc1ccc(C(F)(F)F)cc1. The second kappa shape index (κ2) is 8.51. The van der Waals surface area contributed by atoms with Crippen LogP contribution in [0.3, 0.4) is 0 Å². The third kappa shape index (κ3) is 5.79. The molecule has 0 aromatic heterocycles. The van der Waals surface area contributed by atoms with E-state index in [2.05, 4.69) is 5.32 Å². The number of nitrogens with one attached hydrogen (secondary N) is 1. The van der Waals surface area contributed by atoms with E-state index < -0.39 is 34.5 Å². The van der Waals surface area contributed by atoms with Crippen molar-refractivity contribution >= 4 is 17.5 Å². The Kier molecular flexibility index (Phi) is 6.34. The first-order valence-corrected chi connectivity index (χ1v) is 8.04. The van der Waals surface area contributed by atoms with E-state index in [0.29, 0.717) is 11.1 Å². The number of halogens is 3. The summed E-state index contributed by atoms with van der Waals surface area (Å²) in [6.45, 7) is 0. The van der Waals surface area contributed by atoms with E-state index in [0.717, 1.165) is 12.1 Å². The maximum atomic E-state index is 12.6. The van der Waals surface area contributed by atoms with E-state index in [-0.39, 0.29) is 18.5 Å². The number of rotatable bonds is 7. The van der Waals surface area contributed by atoms with Crippen LogP contribution in [-0.4, -0.2) is 22.8 Å². The van der Waals surface area contributed by atoms with Gasteiger partial charge in [-0.1, -0.05) is 24.3 Å². The lowest BCUT2D eigenvalue weighted by Gasteiger charge is -2.16. The zero-order valence-corrected chi connectivity index (χ0v) is 14.4. The molecule has 10 heteroatoms. The Labute approximate surface area is 157 Å². The van der Waals surface area contributed by atoms with Gasteiger partial charge in [0.15, 0.2) is 0 Å². The van der Waals surface area contributed by atoms with Crippen LogP contribution in [0.5, 0.6) is 0 Å². The maximum absolute atomic E-state index is 12.6. The van der Waals surface area contributed by atoms with Gasteiger partial charge in [-0.25, -0.2) is 0 Å². The third-order valence-electron chi connectivity index (χ3n) is 3.91. The second-order valence-electron chi connectivity index (χ2n) is 6.02. The highest BCUT2D eigenvalue weighted by Crippen LogP contribution is 2.29. The average molecular weight is 395 g/mol. The summed E-state index contributed by atoms with van der Waals surface area (Å²) in [5.74, 6) is -1.40. The van der Waals surface area contributed by atoms with Crippen LogP contribution in [0.4, 0.5) is 18.9 Å². The van der Waals surface area contributed by atoms with Crippen LogP contribution in [0.15, 0.2) is 48.5 Å². The number of nitro groups is 1. The molecule has 0 radical (unpaired) electrons. The molecular weight excluding hydrogens is 379 g/mol. The van der Waals surface area contributed by atoms with E-state index in [1.807, 2.05) is 0 Å². The predicted octanol–water partition coefficient (Wildman–Crippen LogP) is 2.37. The number of nitrogens with zero attached hydrogens (tertiary/aromatic N) is 1. The first-order chi connectivity index (χ1) is 13.1. The van der Waals surface area contributed by atoms with Crippen molar-refractivity contribution in [3.8, 4) is 0 Å². The number of non-ortho nitro benzene ring substituents is 1. The van der Waals surface area contributed by atoms with Crippen molar-refractivity contribution in [1.82, 2.24) is 5.32 Å². The number of hydrogen-bond acceptors (Lipinski definition) is 4. The molecule has 28 heavy (non-hydrogen) atoms. The van der Waals surface area contributed by atoms with Crippen molar-refractivity contribution in [3.63, 3.8) is 0 Å². The number of amides is 2. The summed E-state index contributed by atoms with van der Waals surface area (Å²) in [4.78, 5) is 33.8. The molecule has 2 amide bonds. The fraction of sp³-hybridized carbons (Fsp3) is 0.222. The van der Waals surface area contributed by atoms with Crippen molar-refractivity contribution < 1.29 is 27.7 Å². The minimum absolute atomic E-state index is 0.0199. The molecule has 148 valence electrons. The minimum Gasteiger partial charge on any atom is -0.368 e. The highest BCUT2D eigenvalue weighted by molar-refractivity contribution is 5.87. The lowest BCUT2D eigenvalue weighted by Crippen LogP contribution is -2.46. The van der Waals surface area contributed by atoms with Gasteiger partial charge in [0.05, 0.1) is 16.9 Å². The highest BCUT2D eigenvalue weighted by Gasteiger charge is 2.30.